The molecule has 0 aliphatic heterocycles. The van der Waals surface area contributed by atoms with Gasteiger partial charge in [-0.05, 0) is 16.1 Å². The number of rotatable bonds is 2. The van der Waals surface area contributed by atoms with Crippen molar-refractivity contribution in [1.29, 1.82) is 0 Å². The van der Waals surface area contributed by atoms with E-state index in [1.54, 1.807) is 24.3 Å². The van der Waals surface area contributed by atoms with Crippen LogP contribution in [0.25, 0.3) is 0 Å². The number of halogens is 1. The fourth-order valence-electron chi connectivity index (χ4n) is 0.737. The predicted molar refractivity (Wildman–Crippen MR) is 60.2 cm³/mol. The zero-order valence-electron chi connectivity index (χ0n) is 7.20. The molecule has 0 N–H and O–H groups in total. The first-order valence-corrected chi connectivity index (χ1v) is 4.89. The van der Waals surface area contributed by atoms with Crippen LogP contribution in [0.5, 0.6) is 5.75 Å². The highest BCUT2D eigenvalue weighted by Gasteiger charge is 2.03. The largest absolute Gasteiger partial charge is 0.514 e. The van der Waals surface area contributed by atoms with Crippen LogP contribution in [0.3, 0.4) is 0 Å². The summed E-state index contributed by atoms with van der Waals surface area (Å²) in [7, 11) is 0. The van der Waals surface area contributed by atoms with Gasteiger partial charge in [-0.15, -0.1) is 0 Å². The second-order valence-electron chi connectivity index (χ2n) is 2.23. The highest BCUT2D eigenvalue weighted by Crippen LogP contribution is 2.08. The molecule has 0 amide bonds. The lowest BCUT2D eigenvalue weighted by molar-refractivity contribution is 0.111. The third-order valence-electron chi connectivity index (χ3n) is 1.27. The van der Waals surface area contributed by atoms with Crippen molar-refractivity contribution in [2.75, 3.05) is 6.61 Å². The molecule has 4 heteroatoms. The average Bonchev–Trinajstić information content (AvgIpc) is 2.20. The van der Waals surface area contributed by atoms with E-state index in [1.807, 2.05) is 28.7 Å². The molecule has 72 valence electrons. The second kappa shape index (κ2) is 6.27. The first kappa shape index (κ1) is 10.9. The van der Waals surface area contributed by atoms with Gasteiger partial charge < -0.3 is 9.47 Å². The topological polar surface area (TPSA) is 35.5 Å². The van der Waals surface area contributed by atoms with Crippen LogP contribution in [0.2, 0.25) is 0 Å². The number of hydrogen-bond acceptors (Lipinski definition) is 3. The predicted octanol–water partition coefficient (Wildman–Crippen LogP) is 2.60. The maximum atomic E-state index is 11.0. The Balaban J connectivity index is 2.37. The summed E-state index contributed by atoms with van der Waals surface area (Å²) in [5.74, 6) is 3.04. The van der Waals surface area contributed by atoms with E-state index in [9.17, 15) is 4.79 Å². The molecule has 0 unspecified atom stereocenters. The van der Waals surface area contributed by atoms with E-state index in [1.165, 1.54) is 0 Å². The fraction of sp³-hybridized carbons (Fsp3) is 0.100. The third kappa shape index (κ3) is 4.14. The highest BCUT2D eigenvalue weighted by atomic mass is 127. The molecular weight excluding hydrogens is 295 g/mol. The fourth-order valence-corrected chi connectivity index (χ4v) is 0.892. The number of ether oxygens (including phenoxy) is 2. The van der Waals surface area contributed by atoms with Gasteiger partial charge in [0.15, 0.2) is 6.61 Å². The molecule has 0 spiro atoms. The van der Waals surface area contributed by atoms with Gasteiger partial charge in [-0.2, -0.15) is 0 Å². The first-order valence-electron chi connectivity index (χ1n) is 3.81. The lowest BCUT2D eigenvalue weighted by atomic mass is 10.3. The summed E-state index contributed by atoms with van der Waals surface area (Å²) >= 11 is 1.86. The van der Waals surface area contributed by atoms with E-state index in [2.05, 4.69) is 14.6 Å². The van der Waals surface area contributed by atoms with Crippen molar-refractivity contribution in [3.05, 3.63) is 30.3 Å². The van der Waals surface area contributed by atoms with E-state index in [0.29, 0.717) is 5.75 Å². The van der Waals surface area contributed by atoms with Gasteiger partial charge in [0.2, 0.25) is 0 Å². The maximum Gasteiger partial charge on any atom is 0.514 e. The molecule has 1 aromatic carbocycles. The Morgan fingerprint density at radius 2 is 2.07 bits per heavy atom. The Kier molecular flexibility index (Phi) is 4.86. The molecule has 0 aliphatic carbocycles. The van der Waals surface area contributed by atoms with Gasteiger partial charge in [0.25, 0.3) is 0 Å². The quantitative estimate of drug-likeness (QED) is 0.364. The molecule has 0 aliphatic rings. The molecule has 14 heavy (non-hydrogen) atoms. The molecule has 1 aromatic rings. The average molecular weight is 302 g/mol. The summed E-state index contributed by atoms with van der Waals surface area (Å²) in [5, 5.41) is 0. The summed E-state index contributed by atoms with van der Waals surface area (Å²) in [6.07, 6.45) is -0.740. The summed E-state index contributed by atoms with van der Waals surface area (Å²) in [4.78, 5) is 11.0. The van der Waals surface area contributed by atoms with E-state index >= 15 is 0 Å². The normalized spacial score (nSPS) is 8.36. The van der Waals surface area contributed by atoms with Crippen LogP contribution in [-0.2, 0) is 4.74 Å². The number of hydrogen-bond donors (Lipinski definition) is 0. The number of para-hydroxylation sites is 1. The van der Waals surface area contributed by atoms with Gasteiger partial charge >= 0.3 is 6.16 Å². The number of benzene rings is 1. The summed E-state index contributed by atoms with van der Waals surface area (Å²) in [6, 6.07) is 8.72. The van der Waals surface area contributed by atoms with Gasteiger partial charge in [0.05, 0.1) is 0 Å². The minimum absolute atomic E-state index is 0.0502. The first-order chi connectivity index (χ1) is 6.83. The molecule has 0 fully saturated rings. The third-order valence-corrected chi connectivity index (χ3v) is 1.65. The molecule has 0 aromatic heterocycles. The van der Waals surface area contributed by atoms with E-state index < -0.39 is 6.16 Å². The zero-order valence-corrected chi connectivity index (χ0v) is 9.35. The molecule has 0 radical (unpaired) electrons. The SMILES string of the molecule is O=C(OCC#CI)Oc1ccccc1. The molecule has 0 saturated carbocycles. The van der Waals surface area contributed by atoms with E-state index in [-0.39, 0.29) is 6.61 Å². The summed E-state index contributed by atoms with van der Waals surface area (Å²) < 4.78 is 12.1. The van der Waals surface area contributed by atoms with Crippen molar-refractivity contribution in [1.82, 2.24) is 0 Å². The maximum absolute atomic E-state index is 11.0. The Hall–Kier alpha value is -1.22. The van der Waals surface area contributed by atoms with Crippen molar-refractivity contribution in [2.45, 2.75) is 0 Å². The van der Waals surface area contributed by atoms with Crippen LogP contribution in [-0.4, -0.2) is 12.8 Å². The standard InChI is InChI=1S/C10H7IO3/c11-7-4-8-13-10(12)14-9-5-2-1-3-6-9/h1-3,5-6H,8H2. The van der Waals surface area contributed by atoms with Crippen molar-refractivity contribution in [3.63, 3.8) is 0 Å². The lowest BCUT2D eigenvalue weighted by Gasteiger charge is -2.01. The van der Waals surface area contributed by atoms with Gasteiger partial charge in [-0.1, -0.05) is 24.1 Å². The Labute approximate surface area is 95.5 Å². The molecule has 3 nitrogen and oxygen atoms in total. The van der Waals surface area contributed by atoms with Gasteiger partial charge in [0.1, 0.15) is 5.75 Å². The smallest absolute Gasteiger partial charge is 0.421 e. The second-order valence-corrected chi connectivity index (χ2v) is 2.76. The van der Waals surface area contributed by atoms with Crippen LogP contribution in [0, 0.1) is 9.85 Å². The number of carbonyl (C=O) groups is 1. The van der Waals surface area contributed by atoms with Gasteiger partial charge in [-0.3, -0.25) is 0 Å². The Bertz CT molecular complexity index is 351. The van der Waals surface area contributed by atoms with Gasteiger partial charge in [-0.25, -0.2) is 4.79 Å². The van der Waals surface area contributed by atoms with Crippen LogP contribution in [0.15, 0.2) is 30.3 Å². The molecule has 0 atom stereocenters. The Morgan fingerprint density at radius 1 is 1.36 bits per heavy atom. The summed E-state index contributed by atoms with van der Waals surface area (Å²) in [5.41, 5.74) is 0. The van der Waals surface area contributed by atoms with E-state index in [0.717, 1.165) is 0 Å². The van der Waals surface area contributed by atoms with Crippen molar-refractivity contribution in [2.24, 2.45) is 0 Å². The van der Waals surface area contributed by atoms with Gasteiger partial charge in [0, 0.05) is 22.6 Å². The molecule has 1 rings (SSSR count). The van der Waals surface area contributed by atoms with Crippen LogP contribution in [0.1, 0.15) is 0 Å². The van der Waals surface area contributed by atoms with Crippen LogP contribution < -0.4 is 4.74 Å². The minimum atomic E-state index is -0.740. The lowest BCUT2D eigenvalue weighted by Crippen LogP contribution is -2.10. The minimum Gasteiger partial charge on any atom is -0.421 e. The highest BCUT2D eigenvalue weighted by molar-refractivity contribution is 14.1. The van der Waals surface area contributed by atoms with Crippen molar-refractivity contribution < 1.29 is 14.3 Å². The van der Waals surface area contributed by atoms with E-state index in [4.69, 9.17) is 4.74 Å². The monoisotopic (exact) mass is 302 g/mol. The van der Waals surface area contributed by atoms with Crippen molar-refractivity contribution in [3.8, 4) is 15.6 Å². The van der Waals surface area contributed by atoms with Crippen LogP contribution in [0.4, 0.5) is 4.79 Å². The molecule has 0 heterocycles. The molecular formula is C10H7IO3. The summed E-state index contributed by atoms with van der Waals surface area (Å²) in [6.45, 7) is 0.0502. The zero-order chi connectivity index (χ0) is 10.2. The Morgan fingerprint density at radius 3 is 2.71 bits per heavy atom. The van der Waals surface area contributed by atoms with Crippen LogP contribution >= 0.6 is 22.6 Å². The molecule has 0 saturated heterocycles. The van der Waals surface area contributed by atoms with Crippen molar-refractivity contribution >= 4 is 28.7 Å². The number of carbonyl (C=O) groups excluding carboxylic acids is 1. The molecule has 0 bridgehead atoms.